The van der Waals surface area contributed by atoms with Gasteiger partial charge >= 0.3 is 5.69 Å². The van der Waals surface area contributed by atoms with Crippen LogP contribution < -0.4 is 30.5 Å². The Bertz CT molecular complexity index is 1660. The van der Waals surface area contributed by atoms with Gasteiger partial charge in [-0.3, -0.25) is 19.0 Å². The van der Waals surface area contributed by atoms with Gasteiger partial charge in [-0.2, -0.15) is 4.98 Å². The molecule has 0 saturated carbocycles. The number of halogens is 1. The van der Waals surface area contributed by atoms with E-state index in [0.717, 1.165) is 5.56 Å². The van der Waals surface area contributed by atoms with Gasteiger partial charge in [0.15, 0.2) is 18.1 Å². The van der Waals surface area contributed by atoms with Crippen molar-refractivity contribution in [2.75, 3.05) is 26.8 Å². The van der Waals surface area contributed by atoms with E-state index in [1.165, 1.54) is 23.8 Å². The van der Waals surface area contributed by atoms with Gasteiger partial charge in [0, 0.05) is 49.9 Å². The van der Waals surface area contributed by atoms with Crippen LogP contribution in [0.2, 0.25) is 0 Å². The number of piperidine rings is 1. The summed E-state index contributed by atoms with van der Waals surface area (Å²) in [6.45, 7) is 3.35. The smallest absolute Gasteiger partial charge is 0.348 e. The number of amides is 3. The topological polar surface area (TPSA) is 141 Å². The molecule has 2 N–H and O–H groups in total. The molecule has 1 fully saturated rings. The second-order valence-electron chi connectivity index (χ2n) is 11.2. The SMILES string of the molecule is COc1ccc2cc1OCC(=O)N[C@@H]1CN(C(=O)Cn3c(C)cc(C)nc3=O)CC[C@H]1Oc1cc(F)cc(c1)CNC(=O)CC2. The van der Waals surface area contributed by atoms with E-state index in [1.54, 1.807) is 43.0 Å². The fourth-order valence-electron chi connectivity index (χ4n) is 5.53. The van der Waals surface area contributed by atoms with Crippen LogP contribution in [0.15, 0.2) is 47.3 Å². The van der Waals surface area contributed by atoms with Crippen LogP contribution in [-0.4, -0.2) is 71.1 Å². The van der Waals surface area contributed by atoms with Crippen LogP contribution in [0, 0.1) is 19.7 Å². The molecular formula is C32H36FN5O7. The average molecular weight is 622 g/mol. The van der Waals surface area contributed by atoms with Gasteiger partial charge < -0.3 is 29.7 Å². The van der Waals surface area contributed by atoms with Crippen molar-refractivity contribution in [1.82, 2.24) is 25.1 Å². The highest BCUT2D eigenvalue weighted by atomic mass is 19.1. The zero-order chi connectivity index (χ0) is 32.1. The second-order valence-corrected chi connectivity index (χ2v) is 11.2. The average Bonchev–Trinajstić information content (AvgIpc) is 2.99. The molecule has 0 unspecified atom stereocenters. The summed E-state index contributed by atoms with van der Waals surface area (Å²) < 4.78 is 33.3. The van der Waals surface area contributed by atoms with Crippen molar-refractivity contribution in [3.05, 3.63) is 81.3 Å². The highest BCUT2D eigenvalue weighted by molar-refractivity contribution is 5.79. The molecule has 0 aliphatic carbocycles. The minimum atomic E-state index is -0.689. The second kappa shape index (κ2) is 13.8. The Hall–Kier alpha value is -4.94. The Morgan fingerprint density at radius 2 is 1.89 bits per heavy atom. The van der Waals surface area contributed by atoms with Crippen LogP contribution in [0.1, 0.15) is 35.4 Å². The van der Waals surface area contributed by atoms with Gasteiger partial charge in [0.25, 0.3) is 5.91 Å². The Morgan fingerprint density at radius 3 is 2.67 bits per heavy atom. The van der Waals surface area contributed by atoms with Gasteiger partial charge in [-0.1, -0.05) is 6.07 Å². The molecule has 45 heavy (non-hydrogen) atoms. The third-order valence-corrected chi connectivity index (χ3v) is 7.82. The molecule has 12 nitrogen and oxygen atoms in total. The van der Waals surface area contributed by atoms with E-state index >= 15 is 0 Å². The van der Waals surface area contributed by atoms with Crippen LogP contribution in [-0.2, 0) is 33.9 Å². The summed E-state index contributed by atoms with van der Waals surface area (Å²) in [5.74, 6) is -0.531. The first kappa shape index (κ1) is 31.5. The number of likely N-dealkylation sites (tertiary alicyclic amines) is 1. The maximum Gasteiger partial charge on any atom is 0.348 e. The Labute approximate surface area is 259 Å². The number of hydrogen-bond donors (Lipinski definition) is 2. The first-order valence-corrected chi connectivity index (χ1v) is 14.7. The molecule has 0 spiro atoms. The van der Waals surface area contributed by atoms with E-state index in [1.807, 2.05) is 6.07 Å². The van der Waals surface area contributed by atoms with E-state index in [-0.39, 0.29) is 56.8 Å². The van der Waals surface area contributed by atoms with Gasteiger partial charge in [-0.05, 0) is 61.7 Å². The Kier molecular flexibility index (Phi) is 9.65. The summed E-state index contributed by atoms with van der Waals surface area (Å²) in [7, 11) is 1.49. The number of methoxy groups -OCH3 is 1. The number of aryl methyl sites for hydroxylation is 3. The van der Waals surface area contributed by atoms with Crippen molar-refractivity contribution in [2.45, 2.75) is 58.3 Å². The molecule has 0 radical (unpaired) electrons. The van der Waals surface area contributed by atoms with Crippen LogP contribution in [0.3, 0.4) is 0 Å². The number of nitrogens with one attached hydrogen (secondary N) is 2. The molecule has 3 aromatic rings. The van der Waals surface area contributed by atoms with Crippen molar-refractivity contribution in [1.29, 1.82) is 0 Å². The molecule has 13 heteroatoms. The van der Waals surface area contributed by atoms with Crippen LogP contribution in [0.25, 0.3) is 0 Å². The van der Waals surface area contributed by atoms with Crippen molar-refractivity contribution in [3.8, 4) is 17.2 Å². The lowest BCUT2D eigenvalue weighted by Crippen LogP contribution is -2.59. The van der Waals surface area contributed by atoms with Gasteiger partial charge in [-0.15, -0.1) is 0 Å². The van der Waals surface area contributed by atoms with Gasteiger partial charge in [-0.25, -0.2) is 9.18 Å². The van der Waals surface area contributed by atoms with Crippen molar-refractivity contribution in [3.63, 3.8) is 0 Å². The molecule has 4 bridgehead atoms. The largest absolute Gasteiger partial charge is 0.493 e. The van der Waals surface area contributed by atoms with E-state index in [4.69, 9.17) is 14.2 Å². The van der Waals surface area contributed by atoms with E-state index in [0.29, 0.717) is 41.3 Å². The maximum atomic E-state index is 14.6. The molecule has 238 valence electrons. The molecule has 2 aliphatic heterocycles. The first-order valence-electron chi connectivity index (χ1n) is 14.7. The normalized spacial score (nSPS) is 19.1. The maximum absolute atomic E-state index is 14.6. The predicted molar refractivity (Wildman–Crippen MR) is 161 cm³/mol. The van der Waals surface area contributed by atoms with Crippen LogP contribution in [0.5, 0.6) is 17.2 Å². The summed E-state index contributed by atoms with van der Waals surface area (Å²) in [4.78, 5) is 57.1. The zero-order valence-electron chi connectivity index (χ0n) is 25.4. The Balaban J connectivity index is 1.40. The highest BCUT2D eigenvalue weighted by Gasteiger charge is 2.34. The molecule has 1 aromatic heterocycles. The third-order valence-electron chi connectivity index (χ3n) is 7.82. The lowest BCUT2D eigenvalue weighted by molar-refractivity contribution is -0.136. The number of benzene rings is 2. The van der Waals surface area contributed by atoms with Crippen molar-refractivity contribution < 1.29 is 33.0 Å². The molecule has 1 saturated heterocycles. The summed E-state index contributed by atoms with van der Waals surface area (Å²) in [5.41, 5.74) is 1.98. The number of nitrogens with zero attached hydrogens (tertiary/aromatic N) is 3. The molecule has 2 atom stereocenters. The number of hydrogen-bond acceptors (Lipinski definition) is 8. The molecule has 2 aromatic carbocycles. The van der Waals surface area contributed by atoms with Gasteiger partial charge in [0.1, 0.15) is 24.2 Å². The first-order chi connectivity index (χ1) is 21.6. The molecule has 3 amide bonds. The van der Waals surface area contributed by atoms with E-state index in [9.17, 15) is 23.6 Å². The predicted octanol–water partition coefficient (Wildman–Crippen LogP) is 1.81. The molecule has 3 heterocycles. The Morgan fingerprint density at radius 1 is 1.07 bits per heavy atom. The van der Waals surface area contributed by atoms with Crippen molar-refractivity contribution >= 4 is 17.7 Å². The fourth-order valence-corrected chi connectivity index (χ4v) is 5.53. The number of aromatic nitrogens is 2. The molecular weight excluding hydrogens is 585 g/mol. The van der Waals surface area contributed by atoms with Crippen molar-refractivity contribution in [2.24, 2.45) is 0 Å². The van der Waals surface area contributed by atoms with Gasteiger partial charge in [0.2, 0.25) is 11.8 Å². The minimum absolute atomic E-state index is 0.0827. The monoisotopic (exact) mass is 621 g/mol. The van der Waals surface area contributed by atoms with Gasteiger partial charge in [0.05, 0.1) is 13.2 Å². The highest BCUT2D eigenvalue weighted by Crippen LogP contribution is 2.29. The third kappa shape index (κ3) is 7.97. The van der Waals surface area contributed by atoms with Crippen LogP contribution in [0.4, 0.5) is 4.39 Å². The number of rotatable bonds is 3. The summed E-state index contributed by atoms with van der Waals surface area (Å²) in [6, 6.07) is 10.5. The lowest BCUT2D eigenvalue weighted by Gasteiger charge is -2.39. The van der Waals surface area contributed by atoms with E-state index in [2.05, 4.69) is 15.6 Å². The summed E-state index contributed by atoms with van der Waals surface area (Å²) in [5, 5.41) is 5.74. The fraction of sp³-hybridized carbons (Fsp3) is 0.406. The number of carbonyl (C=O) groups excluding carboxylic acids is 3. The standard InChI is InChI=1S/C32H36FN5O7/c1-19-10-20(2)38(32(42)35-19)17-31(41)37-9-8-26-25(16-37)36-30(40)18-44-28-13-21(4-6-27(28)43-3)5-7-29(39)34-15-22-11-23(33)14-24(12-22)45-26/h4,6,10-14,25-26H,5,7-9,15-18H2,1-3H3,(H,34,39)(H,36,40)/t25-,26-/m1/s1. The summed E-state index contributed by atoms with van der Waals surface area (Å²) >= 11 is 0. The lowest BCUT2D eigenvalue weighted by atomic mass is 10.0. The number of carbonyl (C=O) groups is 3. The quantitative estimate of drug-likeness (QED) is 0.451. The summed E-state index contributed by atoms with van der Waals surface area (Å²) in [6.07, 6.45) is 0.298. The number of ether oxygens (including phenoxy) is 3. The zero-order valence-corrected chi connectivity index (χ0v) is 25.4. The van der Waals surface area contributed by atoms with Crippen LogP contribution >= 0.6 is 0 Å². The molecule has 5 rings (SSSR count). The molecule has 2 aliphatic rings. The number of fused-ring (bicyclic) bond motifs is 5. The van der Waals surface area contributed by atoms with E-state index < -0.39 is 29.6 Å². The minimum Gasteiger partial charge on any atom is -0.493 e.